The second kappa shape index (κ2) is 6.72. The molecule has 3 N–H and O–H groups in total. The van der Waals surface area contributed by atoms with E-state index in [0.717, 1.165) is 40.1 Å². The highest BCUT2D eigenvalue weighted by Gasteiger charge is 2.21. The van der Waals surface area contributed by atoms with Gasteiger partial charge in [-0.1, -0.05) is 0 Å². The number of nitrogens with two attached hydrogens (primary N) is 1. The quantitative estimate of drug-likeness (QED) is 0.616. The van der Waals surface area contributed by atoms with E-state index in [0.29, 0.717) is 17.5 Å². The summed E-state index contributed by atoms with van der Waals surface area (Å²) in [6, 6.07) is 5.47. The smallest absolute Gasteiger partial charge is 0.166 e. The number of halogens is 1. The Balaban J connectivity index is 1.76. The summed E-state index contributed by atoms with van der Waals surface area (Å²) in [7, 11) is 0. The maximum Gasteiger partial charge on any atom is 0.166 e. The van der Waals surface area contributed by atoms with E-state index in [-0.39, 0.29) is 11.3 Å². The molecule has 1 aliphatic heterocycles. The second-order valence-corrected chi connectivity index (χ2v) is 6.76. The van der Waals surface area contributed by atoms with E-state index < -0.39 is 0 Å². The fourth-order valence-corrected chi connectivity index (χ4v) is 3.13. The van der Waals surface area contributed by atoms with Crippen LogP contribution in [-0.2, 0) is 4.74 Å². The number of rotatable bonds is 2. The van der Waals surface area contributed by atoms with Crippen molar-refractivity contribution >= 4 is 54.8 Å². The van der Waals surface area contributed by atoms with Crippen LogP contribution in [0.3, 0.4) is 0 Å². The van der Waals surface area contributed by atoms with Crippen molar-refractivity contribution in [2.75, 3.05) is 6.61 Å². The van der Waals surface area contributed by atoms with Gasteiger partial charge in [0.1, 0.15) is 11.1 Å². The maximum absolute atomic E-state index is 7.98. The fraction of sp³-hybridized carbons (Fsp3) is 0.286. The highest BCUT2D eigenvalue weighted by Crippen LogP contribution is 2.22. The number of nitrogens with zero attached hydrogens (tertiary/aromatic N) is 3. The highest BCUT2D eigenvalue weighted by molar-refractivity contribution is 9.10. The molecule has 2 aromatic heterocycles. The Kier molecular flexibility index (Phi) is 4.70. The molecular formula is C14H14BrN5OS. The topological polar surface area (TPSA) is 97.2 Å². The summed E-state index contributed by atoms with van der Waals surface area (Å²) < 4.78 is 6.31. The molecule has 3 heterocycles. The van der Waals surface area contributed by atoms with Gasteiger partial charge in [-0.05, 0) is 58.7 Å². The summed E-state index contributed by atoms with van der Waals surface area (Å²) in [6.07, 6.45) is 3.43. The normalized spacial score (nSPS) is 18.8. The van der Waals surface area contributed by atoms with Gasteiger partial charge in [0, 0.05) is 17.3 Å². The van der Waals surface area contributed by atoms with Crippen LogP contribution in [0.2, 0.25) is 0 Å². The molecule has 0 aromatic carbocycles. The Morgan fingerprint density at radius 1 is 1.45 bits per heavy atom. The first-order chi connectivity index (χ1) is 10.6. The molecule has 1 fully saturated rings. The number of hydrogen-bond acceptors (Lipinski definition) is 6. The molecule has 3 rings (SSSR count). The van der Waals surface area contributed by atoms with Crippen LogP contribution >= 0.6 is 27.7 Å². The van der Waals surface area contributed by atoms with E-state index in [9.17, 15) is 0 Å². The molecule has 114 valence electrons. The average Bonchev–Trinajstić information content (AvgIpc) is 3.01. The van der Waals surface area contributed by atoms with Crippen molar-refractivity contribution in [1.82, 2.24) is 9.97 Å². The number of fused-ring (bicyclic) bond motifs is 1. The lowest BCUT2D eigenvalue weighted by atomic mass is 10.2. The summed E-state index contributed by atoms with van der Waals surface area (Å²) in [5.74, 6) is 0.498. The maximum atomic E-state index is 7.98. The van der Waals surface area contributed by atoms with E-state index in [4.69, 9.17) is 15.9 Å². The zero-order valence-corrected chi connectivity index (χ0v) is 14.0. The number of ether oxygens (including phenoxy) is 1. The van der Waals surface area contributed by atoms with Crippen LogP contribution in [0.15, 0.2) is 33.9 Å². The summed E-state index contributed by atoms with van der Waals surface area (Å²) in [5, 5.41) is 8.66. The molecule has 1 saturated heterocycles. The van der Waals surface area contributed by atoms with Crippen molar-refractivity contribution in [3.05, 3.63) is 28.9 Å². The van der Waals surface area contributed by atoms with E-state index in [1.807, 2.05) is 12.1 Å². The van der Waals surface area contributed by atoms with Gasteiger partial charge in [-0.2, -0.15) is 0 Å². The SMILES string of the molecule is N=C(SC(N)=Nc1ccc2ncc(Br)cc2n1)C1CCCO1. The summed E-state index contributed by atoms with van der Waals surface area (Å²) in [6.45, 7) is 0.707. The van der Waals surface area contributed by atoms with Crippen molar-refractivity contribution in [3.63, 3.8) is 0 Å². The van der Waals surface area contributed by atoms with Crippen LogP contribution in [0.4, 0.5) is 5.82 Å². The Morgan fingerprint density at radius 2 is 2.32 bits per heavy atom. The molecule has 0 amide bonds. The van der Waals surface area contributed by atoms with Crippen molar-refractivity contribution in [2.24, 2.45) is 10.7 Å². The van der Waals surface area contributed by atoms with E-state index >= 15 is 0 Å². The van der Waals surface area contributed by atoms with Gasteiger partial charge < -0.3 is 10.5 Å². The molecule has 0 bridgehead atoms. The fourth-order valence-electron chi connectivity index (χ4n) is 2.13. The molecule has 1 aliphatic rings. The van der Waals surface area contributed by atoms with Crippen LogP contribution < -0.4 is 5.73 Å². The Morgan fingerprint density at radius 3 is 3.09 bits per heavy atom. The first kappa shape index (κ1) is 15.4. The van der Waals surface area contributed by atoms with Gasteiger partial charge in [0.05, 0.1) is 11.0 Å². The number of amidine groups is 1. The number of aromatic nitrogens is 2. The molecule has 0 radical (unpaired) electrons. The van der Waals surface area contributed by atoms with Gasteiger partial charge >= 0.3 is 0 Å². The van der Waals surface area contributed by atoms with Crippen LogP contribution in [0.25, 0.3) is 11.0 Å². The van der Waals surface area contributed by atoms with E-state index in [1.54, 1.807) is 12.3 Å². The predicted molar refractivity (Wildman–Crippen MR) is 92.8 cm³/mol. The number of nitrogens with one attached hydrogen (secondary N) is 1. The van der Waals surface area contributed by atoms with Crippen LogP contribution in [0.1, 0.15) is 12.8 Å². The summed E-state index contributed by atoms with van der Waals surface area (Å²) >= 11 is 4.49. The first-order valence-electron chi connectivity index (χ1n) is 6.76. The lowest BCUT2D eigenvalue weighted by Gasteiger charge is -2.09. The molecule has 6 nitrogen and oxygen atoms in total. The number of pyridine rings is 2. The third-order valence-corrected chi connectivity index (χ3v) is 4.37. The largest absolute Gasteiger partial charge is 0.378 e. The first-order valence-corrected chi connectivity index (χ1v) is 8.37. The zero-order chi connectivity index (χ0) is 15.5. The van der Waals surface area contributed by atoms with Gasteiger partial charge in [0.25, 0.3) is 0 Å². The summed E-state index contributed by atoms with van der Waals surface area (Å²) in [4.78, 5) is 12.9. The van der Waals surface area contributed by atoms with Gasteiger partial charge in [-0.15, -0.1) is 0 Å². The number of aliphatic imine (C=N–C) groups is 1. The zero-order valence-electron chi connectivity index (χ0n) is 11.6. The van der Waals surface area contributed by atoms with Crippen molar-refractivity contribution in [1.29, 1.82) is 5.41 Å². The van der Waals surface area contributed by atoms with Crippen molar-refractivity contribution < 1.29 is 4.74 Å². The van der Waals surface area contributed by atoms with Crippen LogP contribution in [0.5, 0.6) is 0 Å². The van der Waals surface area contributed by atoms with Gasteiger partial charge in [0.15, 0.2) is 11.0 Å². The van der Waals surface area contributed by atoms with Crippen molar-refractivity contribution in [3.8, 4) is 0 Å². The predicted octanol–water partition coefficient (Wildman–Crippen LogP) is 3.23. The van der Waals surface area contributed by atoms with Gasteiger partial charge in [-0.3, -0.25) is 10.4 Å². The molecule has 2 aromatic rings. The number of thioether (sulfide) groups is 1. The minimum atomic E-state index is -0.150. The molecular weight excluding hydrogens is 366 g/mol. The van der Waals surface area contributed by atoms with Gasteiger partial charge in [-0.25, -0.2) is 9.98 Å². The van der Waals surface area contributed by atoms with E-state index in [2.05, 4.69) is 30.9 Å². The highest BCUT2D eigenvalue weighted by atomic mass is 79.9. The minimum Gasteiger partial charge on any atom is -0.378 e. The van der Waals surface area contributed by atoms with E-state index in [1.165, 1.54) is 0 Å². The minimum absolute atomic E-state index is 0.150. The molecule has 0 saturated carbocycles. The third kappa shape index (κ3) is 3.63. The van der Waals surface area contributed by atoms with Gasteiger partial charge in [0.2, 0.25) is 0 Å². The molecule has 0 spiro atoms. The second-order valence-electron chi connectivity index (χ2n) is 4.78. The molecule has 1 atom stereocenters. The molecule has 22 heavy (non-hydrogen) atoms. The Labute approximate surface area is 140 Å². The Hall–Kier alpha value is -1.51. The average molecular weight is 380 g/mol. The lowest BCUT2D eigenvalue weighted by Crippen LogP contribution is -2.19. The molecule has 8 heteroatoms. The molecule has 0 aliphatic carbocycles. The van der Waals surface area contributed by atoms with Crippen molar-refractivity contribution in [2.45, 2.75) is 18.9 Å². The molecule has 1 unspecified atom stereocenters. The standard InChI is InChI=1S/C14H14BrN5OS/c15-8-6-10-9(18-7-8)3-4-12(19-10)20-14(17)22-13(16)11-2-1-5-21-11/h3-4,6-7,11,16H,1-2,5H2,(H2,17,19,20). The third-order valence-electron chi connectivity index (χ3n) is 3.15. The van der Waals surface area contributed by atoms with Crippen LogP contribution in [-0.4, -0.2) is 32.9 Å². The lowest BCUT2D eigenvalue weighted by molar-refractivity contribution is 0.160. The summed E-state index contributed by atoms with van der Waals surface area (Å²) in [5.41, 5.74) is 7.43. The monoisotopic (exact) mass is 379 g/mol. The Bertz CT molecular complexity index is 745. The number of hydrogen-bond donors (Lipinski definition) is 2. The van der Waals surface area contributed by atoms with Crippen LogP contribution in [0, 0.1) is 5.41 Å².